The van der Waals surface area contributed by atoms with E-state index in [0.29, 0.717) is 0 Å². The molecular weight excluding hydrogens is 534 g/mol. The third-order valence-corrected chi connectivity index (χ3v) is 7.67. The van der Waals surface area contributed by atoms with Crippen LogP contribution >= 0.6 is 0 Å². The van der Waals surface area contributed by atoms with Crippen LogP contribution in [0.3, 0.4) is 0 Å². The van der Waals surface area contributed by atoms with Crippen molar-refractivity contribution in [2.75, 3.05) is 0 Å². The van der Waals surface area contributed by atoms with E-state index in [4.69, 9.17) is 0 Å². The average molecular weight is 575 g/mol. The summed E-state index contributed by atoms with van der Waals surface area (Å²) in [6.07, 6.45) is 3.60. The fraction of sp³-hybridized carbons (Fsp3) is 0.419. The van der Waals surface area contributed by atoms with Gasteiger partial charge in [-0.2, -0.15) is 47.5 Å². The molecule has 0 saturated carbocycles. The summed E-state index contributed by atoms with van der Waals surface area (Å²) in [6, 6.07) is 25.1. The molecule has 0 aliphatic heterocycles. The van der Waals surface area contributed by atoms with E-state index in [-0.39, 0.29) is 35.6 Å². The summed E-state index contributed by atoms with van der Waals surface area (Å²) in [7, 11) is 0. The van der Waals surface area contributed by atoms with Gasteiger partial charge in [-0.1, -0.05) is 76.3 Å². The Balaban J connectivity index is 0.000000700. The molecular formula is C31H40Cl2Zr-2. The number of rotatable bonds is 2. The van der Waals surface area contributed by atoms with E-state index in [1.54, 1.807) is 27.4 Å². The Kier molecular flexibility index (Phi) is 14.2. The van der Waals surface area contributed by atoms with Gasteiger partial charge in [0.15, 0.2) is 0 Å². The van der Waals surface area contributed by atoms with Crippen molar-refractivity contribution in [1.82, 2.24) is 0 Å². The van der Waals surface area contributed by atoms with Crippen LogP contribution in [0, 0.1) is 6.07 Å². The number of benzene rings is 2. The maximum absolute atomic E-state index is 3.53. The normalized spacial score (nSPS) is 11.4. The molecule has 34 heavy (non-hydrogen) atoms. The molecule has 0 radical (unpaired) electrons. The van der Waals surface area contributed by atoms with Gasteiger partial charge < -0.3 is 24.8 Å². The molecule has 0 fully saturated rings. The fourth-order valence-electron chi connectivity index (χ4n) is 3.56. The molecule has 1 aliphatic rings. The van der Waals surface area contributed by atoms with E-state index in [2.05, 4.69) is 91.8 Å². The Morgan fingerprint density at radius 3 is 1.79 bits per heavy atom. The SMILES string of the molecule is CC(C)(C)c1c[c-]c2c(c1)-c1cc(C(C)(C)C)ccc1C2.CC[C](=[Zr+2])CC.[Cl-].[Cl-].c1cc[cH-]c1. The summed E-state index contributed by atoms with van der Waals surface area (Å²) in [4.78, 5) is 0. The topological polar surface area (TPSA) is 0 Å². The van der Waals surface area contributed by atoms with E-state index < -0.39 is 0 Å². The molecule has 0 heterocycles. The Morgan fingerprint density at radius 1 is 0.853 bits per heavy atom. The van der Waals surface area contributed by atoms with Gasteiger partial charge in [0.1, 0.15) is 0 Å². The predicted octanol–water partition coefficient (Wildman–Crippen LogP) is 2.59. The standard InChI is InChI=1S/C21H25.C5H5.C5H10.2ClH.Zr/c1-20(2,3)16-9-7-14-11-15-8-10-17(21(4,5)6)13-19(15)18(14)12-16;1-2-4-5-3-1;1-3-5-4-2;;;/h7,9-10,12-13H,11H2,1-6H3;1-5H;3-4H2,1-2H3;2*1H;/q2*-1;;;;+2/p-2. The maximum Gasteiger partial charge on any atom is -0.172 e. The van der Waals surface area contributed by atoms with Crippen molar-refractivity contribution in [1.29, 1.82) is 0 Å². The molecule has 0 spiro atoms. The van der Waals surface area contributed by atoms with Crippen LogP contribution in [0.1, 0.15) is 90.5 Å². The zero-order valence-electron chi connectivity index (χ0n) is 22.2. The molecule has 3 aromatic rings. The van der Waals surface area contributed by atoms with Crippen molar-refractivity contribution in [3.63, 3.8) is 0 Å². The van der Waals surface area contributed by atoms with E-state index in [1.165, 1.54) is 46.2 Å². The molecule has 0 unspecified atom stereocenters. The van der Waals surface area contributed by atoms with Crippen LogP contribution in [-0.4, -0.2) is 3.21 Å². The second kappa shape index (κ2) is 14.6. The van der Waals surface area contributed by atoms with Crippen LogP contribution in [0.15, 0.2) is 60.7 Å². The third kappa shape index (κ3) is 9.64. The minimum Gasteiger partial charge on any atom is -1.00 e. The molecule has 0 N–H and O–H groups in total. The summed E-state index contributed by atoms with van der Waals surface area (Å²) in [6.45, 7) is 18.1. The van der Waals surface area contributed by atoms with E-state index in [9.17, 15) is 0 Å². The summed E-state index contributed by atoms with van der Waals surface area (Å²) >= 11 is 1.62. The van der Waals surface area contributed by atoms with Crippen molar-refractivity contribution >= 4 is 3.21 Å². The zero-order valence-corrected chi connectivity index (χ0v) is 26.1. The predicted molar refractivity (Wildman–Crippen MR) is 139 cm³/mol. The molecule has 0 bridgehead atoms. The van der Waals surface area contributed by atoms with Gasteiger partial charge in [-0.15, -0.1) is 5.56 Å². The van der Waals surface area contributed by atoms with Crippen LogP contribution < -0.4 is 24.8 Å². The van der Waals surface area contributed by atoms with Crippen molar-refractivity contribution in [3.05, 3.63) is 89.0 Å². The first-order chi connectivity index (χ1) is 15.0. The van der Waals surface area contributed by atoms with Crippen molar-refractivity contribution in [2.24, 2.45) is 0 Å². The number of hydrogen-bond donors (Lipinski definition) is 0. The fourth-order valence-corrected chi connectivity index (χ4v) is 3.56. The van der Waals surface area contributed by atoms with Gasteiger partial charge >= 0.3 is 54.1 Å². The summed E-state index contributed by atoms with van der Waals surface area (Å²) in [5.41, 5.74) is 8.76. The van der Waals surface area contributed by atoms with Gasteiger partial charge in [-0.25, -0.2) is 12.1 Å². The van der Waals surface area contributed by atoms with Crippen molar-refractivity contribution < 1.29 is 49.0 Å². The van der Waals surface area contributed by atoms with Gasteiger partial charge in [-0.3, -0.25) is 0 Å². The van der Waals surface area contributed by atoms with E-state index >= 15 is 0 Å². The second-order valence-electron chi connectivity index (χ2n) is 10.6. The summed E-state index contributed by atoms with van der Waals surface area (Å²) in [5, 5.41) is 0. The van der Waals surface area contributed by atoms with Crippen LogP contribution in [0.4, 0.5) is 0 Å². The van der Waals surface area contributed by atoms with Crippen LogP contribution in [0.25, 0.3) is 11.1 Å². The smallest absolute Gasteiger partial charge is 0.172 e. The molecule has 1 aliphatic carbocycles. The molecule has 3 aromatic carbocycles. The van der Waals surface area contributed by atoms with Gasteiger partial charge in [0, 0.05) is 0 Å². The largest absolute Gasteiger partial charge is 1.00 e. The van der Waals surface area contributed by atoms with E-state index in [0.717, 1.165) is 6.42 Å². The van der Waals surface area contributed by atoms with Crippen molar-refractivity contribution in [3.8, 4) is 11.1 Å². The molecule has 0 atom stereocenters. The van der Waals surface area contributed by atoms with Crippen LogP contribution in [0.2, 0.25) is 0 Å². The summed E-state index contributed by atoms with van der Waals surface area (Å²) in [5.74, 6) is 0. The summed E-state index contributed by atoms with van der Waals surface area (Å²) < 4.78 is 1.68. The Bertz CT molecular complexity index is 918. The molecule has 0 amide bonds. The number of halogens is 2. The minimum absolute atomic E-state index is 0. The van der Waals surface area contributed by atoms with Crippen LogP contribution in [-0.2, 0) is 41.5 Å². The molecule has 184 valence electrons. The first-order valence-electron chi connectivity index (χ1n) is 11.9. The van der Waals surface area contributed by atoms with Gasteiger partial charge in [0.25, 0.3) is 0 Å². The Hall–Kier alpha value is -0.877. The zero-order chi connectivity index (χ0) is 23.9. The van der Waals surface area contributed by atoms with E-state index in [1.807, 2.05) is 30.3 Å². The Labute approximate surface area is 236 Å². The monoisotopic (exact) mass is 572 g/mol. The van der Waals surface area contributed by atoms with Crippen LogP contribution in [0.5, 0.6) is 0 Å². The quantitative estimate of drug-likeness (QED) is 0.323. The first-order valence-corrected chi connectivity index (χ1v) is 13.1. The number of hydrogen-bond acceptors (Lipinski definition) is 0. The average Bonchev–Trinajstić information content (AvgIpc) is 3.43. The molecule has 4 rings (SSSR count). The third-order valence-electron chi connectivity index (χ3n) is 5.94. The molecule has 0 nitrogen and oxygen atoms in total. The van der Waals surface area contributed by atoms with Gasteiger partial charge in [0.2, 0.25) is 0 Å². The second-order valence-corrected chi connectivity index (χ2v) is 12.3. The number of fused-ring (bicyclic) bond motifs is 3. The van der Waals surface area contributed by atoms with Gasteiger partial charge in [0.05, 0.1) is 0 Å². The molecule has 0 aromatic heterocycles. The first kappa shape index (κ1) is 33.1. The maximum atomic E-state index is 3.53. The minimum atomic E-state index is 0. The Morgan fingerprint density at radius 2 is 1.38 bits per heavy atom. The molecule has 3 heteroatoms. The van der Waals surface area contributed by atoms with Gasteiger partial charge in [-0.05, 0) is 17.4 Å². The molecule has 0 saturated heterocycles. The van der Waals surface area contributed by atoms with Crippen molar-refractivity contribution in [2.45, 2.75) is 85.5 Å².